The summed E-state index contributed by atoms with van der Waals surface area (Å²) in [5, 5.41) is 22.1. The van der Waals surface area contributed by atoms with Gasteiger partial charge in [-0.15, -0.1) is 11.3 Å². The minimum Gasteiger partial charge on any atom is -0.391 e. The van der Waals surface area contributed by atoms with Gasteiger partial charge in [-0.1, -0.05) is 24.3 Å². The monoisotopic (exact) mass is 690 g/mol. The Hall–Kier alpha value is -4.40. The predicted octanol–water partition coefficient (Wildman–Crippen LogP) is 1.50. The molecule has 0 radical (unpaired) electrons. The Morgan fingerprint density at radius 1 is 1.06 bits per heavy atom. The number of carbonyl (C=O) groups excluding carboxylic acids is 4. The van der Waals surface area contributed by atoms with E-state index < -0.39 is 35.4 Å². The van der Waals surface area contributed by atoms with Gasteiger partial charge in [-0.05, 0) is 57.4 Å². The van der Waals surface area contributed by atoms with E-state index in [2.05, 4.69) is 36.1 Å². The smallest absolute Gasteiger partial charge is 0.253 e. The number of anilines is 1. The number of rotatable bonds is 12. The maximum Gasteiger partial charge on any atom is 0.253 e. The number of aryl methyl sites for hydroxylation is 1. The first kappa shape index (κ1) is 35.9. The van der Waals surface area contributed by atoms with Crippen LogP contribution in [-0.4, -0.2) is 108 Å². The number of β-amino-alcohol motifs (C(OH)–C–C–N with tert-alkyl or cyclic N) is 1. The van der Waals surface area contributed by atoms with Gasteiger partial charge in [0.05, 0.1) is 39.7 Å². The van der Waals surface area contributed by atoms with Gasteiger partial charge in [-0.3, -0.25) is 19.2 Å². The summed E-state index contributed by atoms with van der Waals surface area (Å²) in [7, 11) is 0. The zero-order chi connectivity index (χ0) is 35.1. The molecule has 5 rings (SSSR count). The number of piperazine rings is 1. The molecular weight excluding hydrogens is 645 g/mol. The Labute approximate surface area is 290 Å². The Kier molecular flexibility index (Phi) is 11.6. The molecular formula is C35H46N8O5S. The number of nitrogens with zero attached hydrogens (tertiary/aromatic N) is 4. The standard InChI is InChI=1S/C35H46N8O5S/c1-22-31(49-21-40-22)25-7-5-24(6-8-25)11-12-37-33(47)28-17-27(44)20-43(28)34(48)35(3,4)23(2)41-30(45)19-39-32(46)26-9-10-29(38-18-26)42-15-13-36-14-16-42/h5-10,18,21,23,27-28,36,44H,11-17,19-20H2,1-4H3,(H,37,47)(H,39,46)(H,41,45)/t23-,27+,28-/m0/s1. The van der Waals surface area contributed by atoms with Crippen LogP contribution in [0, 0.1) is 12.3 Å². The first-order valence-corrected chi connectivity index (χ1v) is 17.6. The highest BCUT2D eigenvalue weighted by Crippen LogP contribution is 2.30. The molecule has 4 heterocycles. The molecule has 2 aromatic heterocycles. The van der Waals surface area contributed by atoms with Crippen molar-refractivity contribution in [1.29, 1.82) is 0 Å². The second-order valence-electron chi connectivity index (χ2n) is 13.2. The number of aliphatic hydroxyl groups is 1. The quantitative estimate of drug-likeness (QED) is 0.189. The van der Waals surface area contributed by atoms with Crippen molar-refractivity contribution in [2.75, 3.05) is 50.7 Å². The van der Waals surface area contributed by atoms with E-state index in [-0.39, 0.29) is 31.3 Å². The number of likely N-dealkylation sites (tertiary alicyclic amines) is 1. The first-order chi connectivity index (χ1) is 23.4. The first-order valence-electron chi connectivity index (χ1n) is 16.7. The molecule has 0 bridgehead atoms. The van der Waals surface area contributed by atoms with Crippen LogP contribution in [0.15, 0.2) is 48.1 Å². The van der Waals surface area contributed by atoms with Crippen LogP contribution in [0.4, 0.5) is 5.82 Å². The Bertz CT molecular complexity index is 1620. The molecule has 49 heavy (non-hydrogen) atoms. The van der Waals surface area contributed by atoms with Crippen molar-refractivity contribution < 1.29 is 24.3 Å². The summed E-state index contributed by atoms with van der Waals surface area (Å²) in [6, 6.07) is 10.2. The lowest BCUT2D eigenvalue weighted by molar-refractivity contribution is -0.147. The van der Waals surface area contributed by atoms with Gasteiger partial charge in [0.2, 0.25) is 17.7 Å². The molecule has 262 valence electrons. The lowest BCUT2D eigenvalue weighted by Crippen LogP contribution is -2.56. The number of hydrogen-bond acceptors (Lipinski definition) is 10. The van der Waals surface area contributed by atoms with Crippen molar-refractivity contribution in [1.82, 2.24) is 36.1 Å². The van der Waals surface area contributed by atoms with Gasteiger partial charge in [-0.2, -0.15) is 0 Å². The van der Waals surface area contributed by atoms with Gasteiger partial charge in [-0.25, -0.2) is 9.97 Å². The fraction of sp³-hybridized carbons (Fsp3) is 0.486. The van der Waals surface area contributed by atoms with Gasteiger partial charge in [0.1, 0.15) is 11.9 Å². The molecule has 3 atom stereocenters. The maximum atomic E-state index is 13.8. The number of aromatic nitrogens is 2. The molecule has 3 aromatic rings. The largest absolute Gasteiger partial charge is 0.391 e. The van der Waals surface area contributed by atoms with Crippen LogP contribution in [0.5, 0.6) is 0 Å². The second kappa shape index (κ2) is 15.9. The van der Waals surface area contributed by atoms with E-state index in [4.69, 9.17) is 0 Å². The van der Waals surface area contributed by atoms with Gasteiger partial charge >= 0.3 is 0 Å². The highest BCUT2D eigenvalue weighted by Gasteiger charge is 2.46. The molecule has 13 nitrogen and oxygen atoms in total. The van der Waals surface area contributed by atoms with E-state index in [1.165, 1.54) is 11.1 Å². The van der Waals surface area contributed by atoms with Crippen LogP contribution in [-0.2, 0) is 20.8 Å². The lowest BCUT2D eigenvalue weighted by Gasteiger charge is -2.36. The fourth-order valence-electron chi connectivity index (χ4n) is 6.03. The molecule has 0 aliphatic carbocycles. The summed E-state index contributed by atoms with van der Waals surface area (Å²) in [6.07, 6.45) is 1.40. The van der Waals surface area contributed by atoms with Crippen molar-refractivity contribution in [2.45, 2.75) is 58.7 Å². The van der Waals surface area contributed by atoms with E-state index in [9.17, 15) is 24.3 Å². The van der Waals surface area contributed by atoms with E-state index in [0.717, 1.165) is 53.7 Å². The number of aliphatic hydroxyl groups excluding tert-OH is 1. The van der Waals surface area contributed by atoms with Crippen molar-refractivity contribution in [3.05, 3.63) is 64.9 Å². The van der Waals surface area contributed by atoms with Crippen LogP contribution in [0.3, 0.4) is 0 Å². The average molecular weight is 691 g/mol. The number of carbonyl (C=O) groups is 4. The Morgan fingerprint density at radius 3 is 2.45 bits per heavy atom. The summed E-state index contributed by atoms with van der Waals surface area (Å²) in [5.74, 6) is -0.775. The molecule has 0 unspecified atom stereocenters. The number of nitrogens with one attached hydrogen (secondary N) is 4. The topological polar surface area (TPSA) is 169 Å². The van der Waals surface area contributed by atoms with Crippen molar-refractivity contribution in [3.63, 3.8) is 0 Å². The Balaban J connectivity index is 1.09. The van der Waals surface area contributed by atoms with Crippen LogP contribution in [0.25, 0.3) is 10.4 Å². The number of amides is 4. The number of benzene rings is 1. The highest BCUT2D eigenvalue weighted by molar-refractivity contribution is 7.13. The summed E-state index contributed by atoms with van der Waals surface area (Å²) in [5.41, 5.74) is 4.22. The molecule has 2 fully saturated rings. The van der Waals surface area contributed by atoms with E-state index in [1.807, 2.05) is 36.7 Å². The molecule has 1 aromatic carbocycles. The molecule has 2 aliphatic heterocycles. The van der Waals surface area contributed by atoms with Gasteiger partial charge in [0.25, 0.3) is 5.91 Å². The van der Waals surface area contributed by atoms with Crippen LogP contribution in [0.2, 0.25) is 0 Å². The van der Waals surface area contributed by atoms with Crippen molar-refractivity contribution in [2.24, 2.45) is 5.41 Å². The predicted molar refractivity (Wildman–Crippen MR) is 188 cm³/mol. The summed E-state index contributed by atoms with van der Waals surface area (Å²) in [6.45, 7) is 10.6. The van der Waals surface area contributed by atoms with Crippen LogP contribution in [0.1, 0.15) is 48.8 Å². The second-order valence-corrected chi connectivity index (χ2v) is 14.1. The third kappa shape index (κ3) is 8.80. The molecule has 0 saturated carbocycles. The van der Waals surface area contributed by atoms with Crippen molar-refractivity contribution >= 4 is 40.8 Å². The van der Waals surface area contributed by atoms with E-state index >= 15 is 0 Å². The third-order valence-corrected chi connectivity index (χ3v) is 10.4. The zero-order valence-electron chi connectivity index (χ0n) is 28.5. The van der Waals surface area contributed by atoms with Crippen molar-refractivity contribution in [3.8, 4) is 10.4 Å². The lowest BCUT2D eigenvalue weighted by atomic mass is 9.83. The maximum absolute atomic E-state index is 13.8. The summed E-state index contributed by atoms with van der Waals surface area (Å²) in [4.78, 5) is 65.9. The minimum absolute atomic E-state index is 0.0248. The fourth-order valence-corrected chi connectivity index (χ4v) is 6.84. The molecule has 2 aliphatic rings. The van der Waals surface area contributed by atoms with E-state index in [0.29, 0.717) is 18.5 Å². The number of thiazole rings is 1. The summed E-state index contributed by atoms with van der Waals surface area (Å²) >= 11 is 1.60. The molecule has 2 saturated heterocycles. The third-order valence-electron chi connectivity index (χ3n) is 9.39. The normalized spacial score (nSPS) is 18.6. The molecule has 0 spiro atoms. The van der Waals surface area contributed by atoms with Crippen LogP contribution < -0.4 is 26.2 Å². The zero-order valence-corrected chi connectivity index (χ0v) is 29.3. The van der Waals surface area contributed by atoms with Crippen LogP contribution >= 0.6 is 11.3 Å². The molecule has 4 amide bonds. The van der Waals surface area contributed by atoms with Gasteiger partial charge < -0.3 is 36.2 Å². The molecule has 5 N–H and O–H groups in total. The average Bonchev–Trinajstić information content (AvgIpc) is 3.72. The Morgan fingerprint density at radius 2 is 1.80 bits per heavy atom. The number of pyridine rings is 1. The molecule has 14 heteroatoms. The number of hydrogen-bond donors (Lipinski definition) is 5. The SMILES string of the molecule is Cc1ncsc1-c1ccc(CCNC(=O)[C@@H]2C[C@@H](O)CN2C(=O)C(C)(C)[C@H](C)NC(=O)CNC(=O)c2ccc(N3CCNCC3)nc2)cc1. The van der Waals surface area contributed by atoms with E-state index in [1.54, 1.807) is 44.2 Å². The highest BCUT2D eigenvalue weighted by atomic mass is 32.1. The minimum atomic E-state index is -1.11. The van der Waals surface area contributed by atoms with Gasteiger partial charge in [0, 0.05) is 57.9 Å². The van der Waals surface area contributed by atoms with Gasteiger partial charge in [0.15, 0.2) is 0 Å². The summed E-state index contributed by atoms with van der Waals surface area (Å²) < 4.78 is 0.